The molecular weight excluding hydrogens is 1090 g/mol. The lowest BCUT2D eigenvalue weighted by molar-refractivity contribution is -0.958. The van der Waals surface area contributed by atoms with Crippen LogP contribution in [0.15, 0.2) is 167 Å². The van der Waals surface area contributed by atoms with Gasteiger partial charge in [0.25, 0.3) is 0 Å². The number of benzene rings is 6. The van der Waals surface area contributed by atoms with E-state index in [-0.39, 0.29) is 44.8 Å². The molecule has 0 saturated carbocycles. The van der Waals surface area contributed by atoms with Gasteiger partial charge in [-0.05, 0) is 68.5 Å². The highest BCUT2D eigenvalue weighted by molar-refractivity contribution is 9.11. The quantitative estimate of drug-likeness (QED) is 0.150. The van der Waals surface area contributed by atoms with Gasteiger partial charge >= 0.3 is 0 Å². The third-order valence-electron chi connectivity index (χ3n) is 15.9. The van der Waals surface area contributed by atoms with Gasteiger partial charge in [-0.2, -0.15) is 0 Å². The summed E-state index contributed by atoms with van der Waals surface area (Å²) in [7, 11) is 0. The van der Waals surface area contributed by atoms with Crippen molar-refractivity contribution in [1.82, 2.24) is 0 Å². The van der Waals surface area contributed by atoms with Gasteiger partial charge in [-0.25, -0.2) is 8.78 Å². The maximum Gasteiger partial charge on any atom is 0.137 e. The lowest BCUT2D eigenvalue weighted by Gasteiger charge is -2.60. The number of nitrogens with zero attached hydrogens (tertiary/aromatic N) is 2. The highest BCUT2D eigenvalue weighted by Crippen LogP contribution is 2.59. The number of piperidine rings is 6. The third-order valence-corrected chi connectivity index (χ3v) is 17.0. The van der Waals surface area contributed by atoms with Crippen molar-refractivity contribution in [2.75, 3.05) is 52.4 Å². The van der Waals surface area contributed by atoms with E-state index in [1.807, 2.05) is 115 Å². The molecule has 66 heavy (non-hydrogen) atoms. The smallest absolute Gasteiger partial charge is 0.137 e. The molecule has 6 heterocycles. The molecule has 6 aromatic rings. The number of aliphatic hydroxyl groups is 2. The van der Waals surface area contributed by atoms with Crippen molar-refractivity contribution in [3.8, 4) is 5.75 Å². The van der Waals surface area contributed by atoms with Crippen LogP contribution in [0.1, 0.15) is 66.3 Å². The lowest BCUT2D eigenvalue weighted by atomic mass is 9.56. The Labute approximate surface area is 426 Å². The van der Waals surface area contributed by atoms with Crippen LogP contribution in [-0.2, 0) is 17.7 Å². The third kappa shape index (κ3) is 9.54. The van der Waals surface area contributed by atoms with Gasteiger partial charge in [0.15, 0.2) is 0 Å². The summed E-state index contributed by atoms with van der Waals surface area (Å²) < 4.78 is 37.7. The molecule has 0 radical (unpaired) electrons. The molecule has 11 heteroatoms. The Kier molecular flexibility index (Phi) is 15.9. The summed E-state index contributed by atoms with van der Waals surface area (Å²) in [4.78, 5) is 0. The van der Waals surface area contributed by atoms with Gasteiger partial charge < -0.3 is 57.9 Å². The molecule has 0 amide bonds. The van der Waals surface area contributed by atoms with Crippen molar-refractivity contribution in [2.45, 2.75) is 56.3 Å². The molecule has 6 aliphatic rings. The number of rotatable bonds is 12. The first-order valence-corrected chi connectivity index (χ1v) is 24.4. The lowest BCUT2D eigenvalue weighted by Crippen LogP contribution is -3.00. The van der Waals surface area contributed by atoms with Crippen LogP contribution in [0.3, 0.4) is 0 Å². The van der Waals surface area contributed by atoms with Crippen LogP contribution in [0.25, 0.3) is 0 Å². The maximum absolute atomic E-state index is 14.3. The van der Waals surface area contributed by atoms with Gasteiger partial charge in [-0.1, -0.05) is 137 Å². The Hall–Kier alpha value is -3.26. The van der Waals surface area contributed by atoms with Crippen LogP contribution in [0.2, 0.25) is 0 Å². The first-order valence-electron chi connectivity index (χ1n) is 22.8. The summed E-state index contributed by atoms with van der Waals surface area (Å²) in [6.07, 6.45) is 5.68. The van der Waals surface area contributed by atoms with E-state index in [9.17, 15) is 19.0 Å². The normalized spacial score (nSPS) is 24.3. The second kappa shape index (κ2) is 20.8. The predicted molar refractivity (Wildman–Crippen MR) is 256 cm³/mol. The number of ether oxygens (including phenoxy) is 1. The average Bonchev–Trinajstić information content (AvgIpc) is 3.35. The van der Waals surface area contributed by atoms with Crippen LogP contribution in [0, 0.1) is 22.5 Å². The number of hydrogen-bond donors (Lipinski definition) is 2. The Morgan fingerprint density at radius 3 is 1.29 bits per heavy atom. The molecule has 5 nitrogen and oxygen atoms in total. The van der Waals surface area contributed by atoms with Gasteiger partial charge in [-0.3, -0.25) is 0 Å². The standard InChI is InChI=1S/C28H30Br2NO2.C27H28F2NO.2BrH/c29-24-11-12-26(25(30)21-24)33-20-19-31-16-13-27(14-17-31,15-18-31)28(32,22-7-3-1-4-8-22)23-9-5-2-6-10-23;28-24-12-11-21(25(29)19-24)20-30-16-13-26(14-17-30,15-18-30)27(31,22-7-3-1-4-8-22)23-9-5-2-6-10-23;;/h1-12,21,32H,13-20H2;1-12,19,31H,13-18,20H2;2*1H/q2*+1;;/p-2. The zero-order valence-corrected chi connectivity index (χ0v) is 43.4. The number of fused-ring (bicyclic) bond motifs is 6. The van der Waals surface area contributed by atoms with Gasteiger partial charge in [-0.15, -0.1) is 0 Å². The number of hydrogen-bond acceptors (Lipinski definition) is 3. The fourth-order valence-electron chi connectivity index (χ4n) is 12.0. The summed E-state index contributed by atoms with van der Waals surface area (Å²) in [5, 5.41) is 24.9. The fourth-order valence-corrected chi connectivity index (χ4v) is 13.2. The molecule has 0 aliphatic carbocycles. The second-order valence-corrected chi connectivity index (χ2v) is 20.8. The SMILES string of the molecule is OC(c1ccccc1)(c1ccccc1)C12CC[N+](CCOc3ccc(Br)cc3Br)(CC1)CC2.OC(c1ccccc1)(c1ccccc1)C12CC[N+](Cc3ccc(F)cc3F)(CC1)CC2.[Br-].[Br-]. The van der Waals surface area contributed by atoms with Crippen molar-refractivity contribution < 1.29 is 66.7 Å². The number of halogens is 6. The molecule has 4 bridgehead atoms. The van der Waals surface area contributed by atoms with Crippen molar-refractivity contribution >= 4 is 31.9 Å². The molecule has 12 rings (SSSR count). The number of quaternary nitrogens is 2. The van der Waals surface area contributed by atoms with Crippen LogP contribution in [-0.4, -0.2) is 71.6 Å². The van der Waals surface area contributed by atoms with Crippen LogP contribution in [0.4, 0.5) is 8.78 Å². The van der Waals surface area contributed by atoms with E-state index in [4.69, 9.17) is 4.74 Å². The van der Waals surface area contributed by atoms with E-state index in [2.05, 4.69) is 56.1 Å². The summed E-state index contributed by atoms with van der Waals surface area (Å²) in [5.41, 5.74) is 2.07. The zero-order chi connectivity index (χ0) is 44.5. The summed E-state index contributed by atoms with van der Waals surface area (Å²) in [6.45, 7) is 8.22. The molecule has 2 N–H and O–H groups in total. The monoisotopic (exact) mass is 1150 g/mol. The second-order valence-electron chi connectivity index (χ2n) is 19.0. The van der Waals surface area contributed by atoms with Gasteiger partial charge in [0.2, 0.25) is 0 Å². The van der Waals surface area contributed by atoms with E-state index >= 15 is 0 Å². The van der Waals surface area contributed by atoms with Crippen molar-refractivity contribution in [2.24, 2.45) is 10.8 Å². The summed E-state index contributed by atoms with van der Waals surface area (Å²) >= 11 is 7.09. The van der Waals surface area contributed by atoms with E-state index in [1.165, 1.54) is 6.07 Å². The summed E-state index contributed by atoms with van der Waals surface area (Å²) in [6, 6.07) is 50.6. The van der Waals surface area contributed by atoms with Crippen molar-refractivity contribution in [3.05, 3.63) is 206 Å². The minimum Gasteiger partial charge on any atom is -1.00 e. The Morgan fingerprint density at radius 2 is 0.909 bits per heavy atom. The van der Waals surface area contributed by atoms with Gasteiger partial charge in [0, 0.05) is 65.5 Å². The summed E-state index contributed by atoms with van der Waals surface area (Å²) in [5.74, 6) is -0.101. The first-order chi connectivity index (χ1) is 30.9. The van der Waals surface area contributed by atoms with Crippen molar-refractivity contribution in [3.63, 3.8) is 0 Å². The fraction of sp³-hybridized carbons (Fsp3) is 0.345. The average molecular weight is 1150 g/mol. The molecule has 6 fully saturated rings. The Bertz CT molecular complexity index is 2410. The highest BCUT2D eigenvalue weighted by Gasteiger charge is 2.61. The zero-order valence-electron chi connectivity index (χ0n) is 37.1. The molecule has 6 aliphatic heterocycles. The minimum absolute atomic E-state index is 0. The van der Waals surface area contributed by atoms with E-state index < -0.39 is 22.8 Å². The van der Waals surface area contributed by atoms with Crippen molar-refractivity contribution in [1.29, 1.82) is 0 Å². The van der Waals surface area contributed by atoms with Crippen LogP contribution >= 0.6 is 31.9 Å². The molecule has 0 atom stereocenters. The Balaban J connectivity index is 0.000000191. The van der Waals surface area contributed by atoms with Gasteiger partial charge in [0.05, 0.1) is 43.7 Å². The highest BCUT2D eigenvalue weighted by atomic mass is 79.9. The van der Waals surface area contributed by atoms with E-state index in [1.54, 1.807) is 6.07 Å². The maximum atomic E-state index is 14.3. The molecule has 0 unspecified atom stereocenters. The molecule has 0 aromatic heterocycles. The molecular formula is C55H58Br4F2N2O3. The van der Waals surface area contributed by atoms with E-state index in [0.29, 0.717) is 18.7 Å². The minimum atomic E-state index is -1.06. The predicted octanol–water partition coefficient (Wildman–Crippen LogP) is 5.94. The topological polar surface area (TPSA) is 49.7 Å². The molecule has 348 valence electrons. The van der Waals surface area contributed by atoms with Crippen LogP contribution < -0.4 is 38.7 Å². The molecule has 6 aromatic carbocycles. The molecule has 0 spiro atoms. The first kappa shape index (κ1) is 50.6. The Morgan fingerprint density at radius 1 is 0.515 bits per heavy atom. The molecule has 6 saturated heterocycles. The van der Waals surface area contributed by atoms with Gasteiger partial charge in [0.1, 0.15) is 48.3 Å². The van der Waals surface area contributed by atoms with E-state index in [0.717, 1.165) is 136 Å². The van der Waals surface area contributed by atoms with Crippen LogP contribution in [0.5, 0.6) is 5.75 Å². The largest absolute Gasteiger partial charge is 1.00 e.